The van der Waals surface area contributed by atoms with E-state index in [1.54, 1.807) is 18.2 Å². The number of anilines is 1. The molecule has 134 valence electrons. The van der Waals surface area contributed by atoms with Crippen molar-refractivity contribution < 1.29 is 22.7 Å². The highest BCUT2D eigenvalue weighted by Crippen LogP contribution is 2.23. The highest BCUT2D eigenvalue weighted by Gasteiger charge is 2.31. The van der Waals surface area contributed by atoms with E-state index < -0.39 is 18.0 Å². The van der Waals surface area contributed by atoms with E-state index in [0.717, 1.165) is 17.7 Å². The maximum Gasteiger partial charge on any atom is 0.573 e. The monoisotopic (exact) mass is 363 g/mol. The Morgan fingerprint density at radius 2 is 1.88 bits per heavy atom. The summed E-state index contributed by atoms with van der Waals surface area (Å²) in [6.45, 7) is 1.86. The van der Waals surface area contributed by atoms with Gasteiger partial charge in [-0.3, -0.25) is 4.79 Å². The van der Waals surface area contributed by atoms with Crippen molar-refractivity contribution in [2.24, 2.45) is 0 Å². The van der Waals surface area contributed by atoms with Crippen LogP contribution >= 0.6 is 0 Å². The molecule has 0 bridgehead atoms. The lowest BCUT2D eigenvalue weighted by Crippen LogP contribution is -2.17. The lowest BCUT2D eigenvalue weighted by molar-refractivity contribution is -0.274. The smallest absolute Gasteiger partial charge is 0.406 e. The molecule has 1 N–H and O–H groups in total. The van der Waals surface area contributed by atoms with Crippen molar-refractivity contribution in [2.75, 3.05) is 5.32 Å². The average Bonchev–Trinajstić information content (AvgIpc) is 3.10. The summed E-state index contributed by atoms with van der Waals surface area (Å²) < 4.78 is 41.7. The molecule has 0 saturated heterocycles. The maximum absolute atomic E-state index is 12.3. The van der Waals surface area contributed by atoms with Crippen molar-refractivity contribution in [3.63, 3.8) is 0 Å². The largest absolute Gasteiger partial charge is 0.573 e. The highest BCUT2D eigenvalue weighted by molar-refractivity contribution is 6.04. The van der Waals surface area contributed by atoms with E-state index >= 15 is 0 Å². The molecule has 0 atom stereocenters. The van der Waals surface area contributed by atoms with Gasteiger partial charge >= 0.3 is 6.36 Å². The van der Waals surface area contributed by atoms with Crippen LogP contribution in [0.5, 0.6) is 5.75 Å². The molecule has 2 aromatic carbocycles. The number of amides is 1. The number of carbonyl (C=O) groups excluding carboxylic acids is 1. The zero-order chi connectivity index (χ0) is 18.7. The molecular formula is C16H12F3N5O2. The van der Waals surface area contributed by atoms with Crippen LogP contribution in [-0.2, 0) is 0 Å². The minimum Gasteiger partial charge on any atom is -0.406 e. The molecule has 0 fully saturated rings. The summed E-state index contributed by atoms with van der Waals surface area (Å²) in [5, 5.41) is 13.6. The van der Waals surface area contributed by atoms with Crippen molar-refractivity contribution in [1.29, 1.82) is 0 Å². The lowest BCUT2D eigenvalue weighted by atomic mass is 10.1. The fourth-order valence-electron chi connectivity index (χ4n) is 2.22. The fourth-order valence-corrected chi connectivity index (χ4v) is 2.22. The van der Waals surface area contributed by atoms with Crippen LogP contribution in [0.3, 0.4) is 0 Å². The number of carbonyl (C=O) groups is 1. The van der Waals surface area contributed by atoms with E-state index in [1.807, 2.05) is 6.92 Å². The fraction of sp³-hybridized carbons (Fsp3) is 0.125. The number of halogens is 3. The number of hydrogen-bond acceptors (Lipinski definition) is 5. The van der Waals surface area contributed by atoms with Crippen LogP contribution < -0.4 is 10.1 Å². The molecule has 0 spiro atoms. The third-order valence-corrected chi connectivity index (χ3v) is 3.41. The molecule has 10 heteroatoms. The minimum absolute atomic E-state index is 0.184. The molecule has 1 amide bonds. The molecule has 7 nitrogen and oxygen atoms in total. The second kappa shape index (κ2) is 6.82. The van der Waals surface area contributed by atoms with E-state index in [9.17, 15) is 18.0 Å². The van der Waals surface area contributed by atoms with Gasteiger partial charge in [-0.1, -0.05) is 6.07 Å². The Morgan fingerprint density at radius 1 is 1.15 bits per heavy atom. The van der Waals surface area contributed by atoms with Crippen molar-refractivity contribution in [3.8, 4) is 11.4 Å². The summed E-state index contributed by atoms with van der Waals surface area (Å²) >= 11 is 0. The van der Waals surface area contributed by atoms with Gasteiger partial charge in [0.25, 0.3) is 5.91 Å². The number of ether oxygens (including phenoxy) is 1. The number of aromatic nitrogens is 4. The summed E-state index contributed by atoms with van der Waals surface area (Å²) in [6.07, 6.45) is -3.36. The van der Waals surface area contributed by atoms with Crippen LogP contribution in [0.2, 0.25) is 0 Å². The molecular weight excluding hydrogens is 351 g/mol. The molecule has 0 aliphatic rings. The van der Waals surface area contributed by atoms with Gasteiger partial charge in [-0.25, -0.2) is 4.68 Å². The zero-order valence-corrected chi connectivity index (χ0v) is 13.4. The first-order valence-electron chi connectivity index (χ1n) is 7.33. The molecule has 0 aliphatic carbocycles. The Balaban J connectivity index is 1.75. The van der Waals surface area contributed by atoms with Crippen LogP contribution in [0.15, 0.2) is 48.8 Å². The minimum atomic E-state index is -4.78. The number of alkyl halides is 3. The summed E-state index contributed by atoms with van der Waals surface area (Å²) in [5.74, 6) is -0.875. The highest BCUT2D eigenvalue weighted by atomic mass is 19.4. The number of nitrogens with one attached hydrogen (secondary N) is 1. The quantitative estimate of drug-likeness (QED) is 0.770. The number of tetrazole rings is 1. The van der Waals surface area contributed by atoms with Gasteiger partial charge in [-0.2, -0.15) is 0 Å². The van der Waals surface area contributed by atoms with E-state index in [-0.39, 0.29) is 5.56 Å². The number of hydrogen-bond donors (Lipinski definition) is 1. The molecule has 0 saturated carbocycles. The van der Waals surface area contributed by atoms with Gasteiger partial charge < -0.3 is 10.1 Å². The number of nitrogens with zero attached hydrogens (tertiary/aromatic N) is 4. The molecule has 0 radical (unpaired) electrons. The Labute approximate surface area is 145 Å². The van der Waals surface area contributed by atoms with Gasteiger partial charge in [-0.05, 0) is 59.3 Å². The molecule has 3 rings (SSSR count). The first-order chi connectivity index (χ1) is 12.3. The van der Waals surface area contributed by atoms with Gasteiger partial charge in [0.1, 0.15) is 12.1 Å². The lowest BCUT2D eigenvalue weighted by Gasteiger charge is -2.11. The topological polar surface area (TPSA) is 81.9 Å². The van der Waals surface area contributed by atoms with Crippen molar-refractivity contribution >= 4 is 11.6 Å². The van der Waals surface area contributed by atoms with Gasteiger partial charge in [-0.15, -0.1) is 18.3 Å². The van der Waals surface area contributed by atoms with Crippen LogP contribution in [0.4, 0.5) is 18.9 Å². The second-order valence-corrected chi connectivity index (χ2v) is 5.28. The van der Waals surface area contributed by atoms with E-state index in [0.29, 0.717) is 11.4 Å². The van der Waals surface area contributed by atoms with Crippen molar-refractivity contribution in [2.45, 2.75) is 13.3 Å². The molecule has 1 aromatic heterocycles. The first kappa shape index (κ1) is 17.4. The predicted molar refractivity (Wildman–Crippen MR) is 85.0 cm³/mol. The third kappa shape index (κ3) is 4.15. The predicted octanol–water partition coefficient (Wildman–Crippen LogP) is 3.12. The van der Waals surface area contributed by atoms with Gasteiger partial charge in [0.15, 0.2) is 0 Å². The van der Waals surface area contributed by atoms with Crippen LogP contribution in [0.1, 0.15) is 15.9 Å². The second-order valence-electron chi connectivity index (χ2n) is 5.28. The summed E-state index contributed by atoms with van der Waals surface area (Å²) in [4.78, 5) is 12.3. The van der Waals surface area contributed by atoms with Crippen molar-refractivity contribution in [1.82, 2.24) is 20.2 Å². The summed E-state index contributed by atoms with van der Waals surface area (Å²) in [6, 6.07) is 9.80. The maximum atomic E-state index is 12.3. The standard InChI is InChI=1S/C16H12F3N5O2/c1-10-2-5-12(8-14(10)24-9-20-22-23-24)21-15(25)11-3-6-13(7-4-11)26-16(17,18)19/h2-9H,1H3,(H,21,25). The molecule has 0 unspecified atom stereocenters. The van der Waals surface area contributed by atoms with E-state index in [4.69, 9.17) is 0 Å². The van der Waals surface area contributed by atoms with Gasteiger partial charge in [0.2, 0.25) is 0 Å². The van der Waals surface area contributed by atoms with Gasteiger partial charge in [0.05, 0.1) is 5.69 Å². The summed E-state index contributed by atoms with van der Waals surface area (Å²) in [7, 11) is 0. The molecule has 0 aliphatic heterocycles. The van der Waals surface area contributed by atoms with Crippen LogP contribution in [0, 0.1) is 6.92 Å². The SMILES string of the molecule is Cc1ccc(NC(=O)c2ccc(OC(F)(F)F)cc2)cc1-n1cnnn1. The van der Waals surface area contributed by atoms with Crippen LogP contribution in [-0.4, -0.2) is 32.5 Å². The summed E-state index contributed by atoms with van der Waals surface area (Å²) in [5.41, 5.74) is 2.25. The molecule has 1 heterocycles. The molecule has 26 heavy (non-hydrogen) atoms. The Bertz CT molecular complexity index is 909. The number of rotatable bonds is 4. The number of aryl methyl sites for hydroxylation is 1. The Hall–Kier alpha value is -3.43. The number of benzene rings is 2. The molecule has 3 aromatic rings. The van der Waals surface area contributed by atoms with Crippen LogP contribution in [0.25, 0.3) is 5.69 Å². The zero-order valence-electron chi connectivity index (χ0n) is 13.4. The third-order valence-electron chi connectivity index (χ3n) is 3.41. The normalized spacial score (nSPS) is 11.2. The first-order valence-corrected chi connectivity index (χ1v) is 7.33. The van der Waals surface area contributed by atoms with Crippen molar-refractivity contribution in [3.05, 3.63) is 59.9 Å². The Morgan fingerprint density at radius 3 is 2.50 bits per heavy atom. The van der Waals surface area contributed by atoms with E-state index in [2.05, 4.69) is 25.6 Å². The Kier molecular flexibility index (Phi) is 4.57. The van der Waals surface area contributed by atoms with Gasteiger partial charge in [0, 0.05) is 11.3 Å². The van der Waals surface area contributed by atoms with E-state index in [1.165, 1.54) is 23.1 Å². The average molecular weight is 363 g/mol.